The van der Waals surface area contributed by atoms with Crippen LogP contribution in [0.1, 0.15) is 49.9 Å². The zero-order valence-electron chi connectivity index (χ0n) is 16.8. The van der Waals surface area contributed by atoms with Crippen LogP contribution in [0.25, 0.3) is 11.2 Å². The Kier molecular flexibility index (Phi) is 5.83. The largest absolute Gasteiger partial charge is 0.497 e. The van der Waals surface area contributed by atoms with E-state index in [2.05, 4.69) is 32.1 Å². The number of aromatic nitrogens is 4. The van der Waals surface area contributed by atoms with E-state index in [4.69, 9.17) is 4.74 Å². The number of methoxy groups -OCH3 is 1. The van der Waals surface area contributed by atoms with Gasteiger partial charge in [-0.2, -0.15) is 0 Å². The van der Waals surface area contributed by atoms with Crippen LogP contribution in [0.4, 0.5) is 0 Å². The van der Waals surface area contributed by atoms with Gasteiger partial charge in [0.15, 0.2) is 5.65 Å². The molecule has 0 radical (unpaired) electrons. The molecule has 2 heterocycles. The summed E-state index contributed by atoms with van der Waals surface area (Å²) in [6.07, 6.45) is 9.27. The van der Waals surface area contributed by atoms with Crippen molar-refractivity contribution in [3.63, 3.8) is 0 Å². The van der Waals surface area contributed by atoms with Gasteiger partial charge in [-0.25, -0.2) is 9.78 Å². The molecule has 1 atom stereocenters. The highest BCUT2D eigenvalue weighted by molar-refractivity contribution is 5.68. The molecule has 3 aromatic rings. The van der Waals surface area contributed by atoms with Gasteiger partial charge in [-0.05, 0) is 48.8 Å². The maximum atomic E-state index is 11.9. The second-order valence-electron chi connectivity index (χ2n) is 8.05. The smallest absolute Gasteiger partial charge is 0.327 e. The van der Waals surface area contributed by atoms with Gasteiger partial charge in [0.2, 0.25) is 0 Å². The molecule has 154 valence electrons. The SMILES string of the molecule is COc1ccc(CCC(CCc2nc3[nH]c(=O)[nH]c(=O)c3[nH]2)C2CCCC2)cc1. The fourth-order valence-electron chi connectivity index (χ4n) is 4.61. The highest BCUT2D eigenvalue weighted by atomic mass is 16.5. The molecule has 1 aromatic carbocycles. The molecule has 0 amide bonds. The molecule has 29 heavy (non-hydrogen) atoms. The van der Waals surface area contributed by atoms with E-state index in [1.807, 2.05) is 12.1 Å². The molecular weight excluding hydrogens is 368 g/mol. The summed E-state index contributed by atoms with van der Waals surface area (Å²) in [6, 6.07) is 8.33. The van der Waals surface area contributed by atoms with Gasteiger partial charge in [0, 0.05) is 6.42 Å². The van der Waals surface area contributed by atoms with E-state index < -0.39 is 11.2 Å². The van der Waals surface area contributed by atoms with E-state index in [-0.39, 0.29) is 0 Å². The third-order valence-electron chi connectivity index (χ3n) is 6.22. The number of aromatic amines is 3. The summed E-state index contributed by atoms with van der Waals surface area (Å²) in [5, 5.41) is 0. The number of hydrogen-bond donors (Lipinski definition) is 3. The lowest BCUT2D eigenvalue weighted by molar-refractivity contribution is 0.298. The fraction of sp³-hybridized carbons (Fsp3) is 0.500. The third kappa shape index (κ3) is 4.60. The number of ether oxygens (including phenoxy) is 1. The van der Waals surface area contributed by atoms with Crippen molar-refractivity contribution in [3.8, 4) is 5.75 Å². The van der Waals surface area contributed by atoms with Crippen molar-refractivity contribution in [2.24, 2.45) is 11.8 Å². The molecule has 0 aliphatic heterocycles. The van der Waals surface area contributed by atoms with Crippen LogP contribution in [-0.2, 0) is 12.8 Å². The third-order valence-corrected chi connectivity index (χ3v) is 6.22. The van der Waals surface area contributed by atoms with E-state index in [1.54, 1.807) is 7.11 Å². The van der Waals surface area contributed by atoms with Crippen molar-refractivity contribution in [1.29, 1.82) is 0 Å². The Balaban J connectivity index is 1.43. The molecule has 0 saturated heterocycles. The first-order chi connectivity index (χ1) is 14.1. The predicted molar refractivity (Wildman–Crippen MR) is 112 cm³/mol. The van der Waals surface area contributed by atoms with Crippen molar-refractivity contribution in [2.75, 3.05) is 7.11 Å². The molecule has 3 N–H and O–H groups in total. The molecule has 0 bridgehead atoms. The number of fused-ring (bicyclic) bond motifs is 1. The zero-order valence-corrected chi connectivity index (χ0v) is 16.8. The summed E-state index contributed by atoms with van der Waals surface area (Å²) in [5.74, 6) is 3.05. The maximum Gasteiger partial charge on any atom is 0.327 e. The monoisotopic (exact) mass is 396 g/mol. The van der Waals surface area contributed by atoms with Gasteiger partial charge in [-0.15, -0.1) is 0 Å². The first kappa shape index (κ1) is 19.5. The Hall–Kier alpha value is -2.83. The summed E-state index contributed by atoms with van der Waals surface area (Å²) < 4.78 is 5.25. The Morgan fingerprint density at radius 3 is 2.48 bits per heavy atom. The van der Waals surface area contributed by atoms with E-state index >= 15 is 0 Å². The molecule has 7 heteroatoms. The van der Waals surface area contributed by atoms with E-state index in [1.165, 1.54) is 31.2 Å². The summed E-state index contributed by atoms with van der Waals surface area (Å²) in [4.78, 5) is 35.7. The molecule has 1 fully saturated rings. The van der Waals surface area contributed by atoms with Crippen molar-refractivity contribution in [2.45, 2.75) is 51.4 Å². The first-order valence-electron chi connectivity index (χ1n) is 10.5. The van der Waals surface area contributed by atoms with Crippen molar-refractivity contribution in [1.82, 2.24) is 19.9 Å². The second-order valence-corrected chi connectivity index (χ2v) is 8.05. The number of benzene rings is 1. The number of nitrogens with one attached hydrogen (secondary N) is 3. The summed E-state index contributed by atoms with van der Waals surface area (Å²) in [5.41, 5.74) is 1.07. The van der Waals surface area contributed by atoms with Gasteiger partial charge in [0.05, 0.1) is 7.11 Å². The van der Waals surface area contributed by atoms with Crippen LogP contribution in [-0.4, -0.2) is 27.0 Å². The number of hydrogen-bond acceptors (Lipinski definition) is 4. The minimum absolute atomic E-state index is 0.337. The lowest BCUT2D eigenvalue weighted by Gasteiger charge is -2.23. The molecular formula is C22H28N4O3. The maximum absolute atomic E-state index is 11.9. The number of rotatable bonds is 8. The first-order valence-corrected chi connectivity index (χ1v) is 10.5. The number of aryl methyl sites for hydroxylation is 2. The molecule has 1 aliphatic carbocycles. The Morgan fingerprint density at radius 2 is 1.76 bits per heavy atom. The molecule has 1 unspecified atom stereocenters. The van der Waals surface area contributed by atoms with Crippen LogP contribution in [0.5, 0.6) is 5.75 Å². The molecule has 1 saturated carbocycles. The summed E-state index contributed by atoms with van der Waals surface area (Å²) in [6.45, 7) is 0. The quantitative estimate of drug-likeness (QED) is 0.543. The van der Waals surface area contributed by atoms with Gasteiger partial charge in [-0.3, -0.25) is 14.8 Å². The van der Waals surface area contributed by atoms with Gasteiger partial charge < -0.3 is 9.72 Å². The van der Waals surface area contributed by atoms with Crippen LogP contribution >= 0.6 is 0 Å². The van der Waals surface area contributed by atoms with Crippen LogP contribution in [0.2, 0.25) is 0 Å². The van der Waals surface area contributed by atoms with E-state index in [9.17, 15) is 9.59 Å². The summed E-state index contributed by atoms with van der Waals surface area (Å²) in [7, 11) is 1.69. The lowest BCUT2D eigenvalue weighted by Crippen LogP contribution is -2.21. The van der Waals surface area contributed by atoms with Crippen molar-refractivity contribution in [3.05, 3.63) is 56.5 Å². The van der Waals surface area contributed by atoms with Gasteiger partial charge in [-0.1, -0.05) is 37.8 Å². The van der Waals surface area contributed by atoms with Crippen LogP contribution in [0.3, 0.4) is 0 Å². The number of H-pyrrole nitrogens is 3. The minimum Gasteiger partial charge on any atom is -0.497 e. The fourth-order valence-corrected chi connectivity index (χ4v) is 4.61. The molecule has 4 rings (SSSR count). The molecule has 1 aliphatic rings. The second kappa shape index (κ2) is 8.68. The molecule has 0 spiro atoms. The average molecular weight is 396 g/mol. The van der Waals surface area contributed by atoms with E-state index in [0.29, 0.717) is 17.1 Å². The van der Waals surface area contributed by atoms with Gasteiger partial charge in [0.25, 0.3) is 5.56 Å². The van der Waals surface area contributed by atoms with Crippen LogP contribution in [0.15, 0.2) is 33.9 Å². The Labute approximate surface area is 168 Å². The van der Waals surface area contributed by atoms with Crippen LogP contribution < -0.4 is 16.0 Å². The topological polar surface area (TPSA) is 104 Å². The number of nitrogens with zero attached hydrogens (tertiary/aromatic N) is 1. The van der Waals surface area contributed by atoms with Crippen LogP contribution in [0, 0.1) is 11.8 Å². The lowest BCUT2D eigenvalue weighted by atomic mass is 9.83. The number of imidazole rings is 1. The minimum atomic E-state index is -0.524. The highest BCUT2D eigenvalue weighted by Crippen LogP contribution is 2.36. The van der Waals surface area contributed by atoms with Gasteiger partial charge >= 0.3 is 5.69 Å². The normalized spacial score (nSPS) is 15.8. The van der Waals surface area contributed by atoms with Crippen molar-refractivity contribution >= 4 is 11.2 Å². The predicted octanol–water partition coefficient (Wildman–Crippen LogP) is 3.32. The molecule has 2 aromatic heterocycles. The Bertz CT molecular complexity index is 1060. The van der Waals surface area contributed by atoms with E-state index in [0.717, 1.165) is 43.2 Å². The Morgan fingerprint density at radius 1 is 1.03 bits per heavy atom. The van der Waals surface area contributed by atoms with Crippen molar-refractivity contribution < 1.29 is 4.74 Å². The summed E-state index contributed by atoms with van der Waals surface area (Å²) >= 11 is 0. The average Bonchev–Trinajstić information content (AvgIpc) is 3.38. The zero-order chi connectivity index (χ0) is 20.2. The van der Waals surface area contributed by atoms with Gasteiger partial charge in [0.1, 0.15) is 17.1 Å². The standard InChI is InChI=1S/C22H28N4O3/c1-29-17-11-7-14(8-12-17)6-9-16(15-4-2-3-5-15)10-13-18-23-19-20(24-18)25-22(28)26-21(19)27/h7-8,11-12,15-16H,2-6,9-10,13H2,1H3,(H3,23,24,25,26,27,28). The molecule has 7 nitrogen and oxygen atoms in total. The highest BCUT2D eigenvalue weighted by Gasteiger charge is 2.25.